The van der Waals surface area contributed by atoms with Crippen molar-refractivity contribution in [1.82, 2.24) is 10.0 Å². The van der Waals surface area contributed by atoms with Gasteiger partial charge < -0.3 is 10.1 Å². The second-order valence-electron chi connectivity index (χ2n) is 4.98. The highest BCUT2D eigenvalue weighted by Crippen LogP contribution is 2.33. The SMILES string of the molecule is COc1cc(Br)c(S(=O)(=O)NCC2CCCNC2)cc1Cl.Cl. The molecule has 0 aromatic heterocycles. The van der Waals surface area contributed by atoms with E-state index in [-0.39, 0.29) is 22.3 Å². The van der Waals surface area contributed by atoms with Crippen molar-refractivity contribution in [2.75, 3.05) is 26.7 Å². The first-order chi connectivity index (χ1) is 9.94. The molecule has 126 valence electrons. The van der Waals surface area contributed by atoms with E-state index in [1.165, 1.54) is 13.2 Å². The summed E-state index contributed by atoms with van der Waals surface area (Å²) in [6.07, 6.45) is 2.10. The van der Waals surface area contributed by atoms with Crippen LogP contribution in [0.5, 0.6) is 5.75 Å². The second kappa shape index (κ2) is 8.70. The van der Waals surface area contributed by atoms with Crippen molar-refractivity contribution in [2.24, 2.45) is 5.92 Å². The minimum Gasteiger partial charge on any atom is -0.495 e. The topological polar surface area (TPSA) is 67.4 Å². The van der Waals surface area contributed by atoms with Crippen LogP contribution in [0.3, 0.4) is 0 Å². The Morgan fingerprint density at radius 3 is 2.82 bits per heavy atom. The smallest absolute Gasteiger partial charge is 0.241 e. The normalized spacial score (nSPS) is 18.6. The summed E-state index contributed by atoms with van der Waals surface area (Å²) in [6.45, 7) is 2.27. The van der Waals surface area contributed by atoms with Gasteiger partial charge in [0.25, 0.3) is 0 Å². The van der Waals surface area contributed by atoms with E-state index in [0.717, 1.165) is 25.9 Å². The fourth-order valence-corrected chi connectivity index (χ4v) is 4.74. The number of hydrogen-bond donors (Lipinski definition) is 2. The molecule has 0 amide bonds. The van der Waals surface area contributed by atoms with Gasteiger partial charge in [-0.2, -0.15) is 0 Å². The van der Waals surface area contributed by atoms with Crippen LogP contribution in [0.15, 0.2) is 21.5 Å². The van der Waals surface area contributed by atoms with Crippen LogP contribution in [-0.2, 0) is 10.0 Å². The Kier molecular flexibility index (Phi) is 7.91. The van der Waals surface area contributed by atoms with Crippen LogP contribution >= 0.6 is 39.9 Å². The van der Waals surface area contributed by atoms with Gasteiger partial charge in [-0.15, -0.1) is 12.4 Å². The highest BCUT2D eigenvalue weighted by atomic mass is 79.9. The fourth-order valence-electron chi connectivity index (χ4n) is 2.28. The van der Waals surface area contributed by atoms with E-state index in [2.05, 4.69) is 26.0 Å². The Labute approximate surface area is 150 Å². The molecule has 1 aromatic rings. The van der Waals surface area contributed by atoms with E-state index in [0.29, 0.717) is 22.7 Å². The minimum atomic E-state index is -3.60. The predicted molar refractivity (Wildman–Crippen MR) is 93.7 cm³/mol. The molecule has 1 atom stereocenters. The van der Waals surface area contributed by atoms with Gasteiger partial charge >= 0.3 is 0 Å². The van der Waals surface area contributed by atoms with Gasteiger partial charge in [-0.05, 0) is 59.9 Å². The quantitative estimate of drug-likeness (QED) is 0.749. The van der Waals surface area contributed by atoms with Crippen molar-refractivity contribution in [1.29, 1.82) is 0 Å². The van der Waals surface area contributed by atoms with Gasteiger partial charge in [0.1, 0.15) is 5.75 Å². The first kappa shape index (κ1) is 20.0. The van der Waals surface area contributed by atoms with E-state index in [4.69, 9.17) is 16.3 Å². The number of nitrogens with one attached hydrogen (secondary N) is 2. The van der Waals surface area contributed by atoms with E-state index in [1.807, 2.05) is 0 Å². The van der Waals surface area contributed by atoms with Gasteiger partial charge in [-0.1, -0.05) is 11.6 Å². The lowest BCUT2D eigenvalue weighted by atomic mass is 10.0. The molecule has 2 N–H and O–H groups in total. The predicted octanol–water partition coefficient (Wildman–Crippen LogP) is 2.81. The molecular weight excluding hydrogens is 415 g/mol. The van der Waals surface area contributed by atoms with Gasteiger partial charge in [0, 0.05) is 11.0 Å². The van der Waals surface area contributed by atoms with Crippen molar-refractivity contribution in [2.45, 2.75) is 17.7 Å². The van der Waals surface area contributed by atoms with Crippen LogP contribution in [-0.4, -0.2) is 35.2 Å². The van der Waals surface area contributed by atoms with Crippen molar-refractivity contribution in [3.63, 3.8) is 0 Å². The molecule has 5 nitrogen and oxygen atoms in total. The zero-order chi connectivity index (χ0) is 15.5. The molecule has 2 rings (SSSR count). The number of hydrogen-bond acceptors (Lipinski definition) is 4. The molecule has 1 saturated heterocycles. The average molecular weight is 434 g/mol. The van der Waals surface area contributed by atoms with Crippen molar-refractivity contribution < 1.29 is 13.2 Å². The fraction of sp³-hybridized carbons (Fsp3) is 0.538. The summed E-state index contributed by atoms with van der Waals surface area (Å²) in [6, 6.07) is 2.95. The Balaban J connectivity index is 0.00000242. The minimum absolute atomic E-state index is 0. The number of piperidine rings is 1. The van der Waals surface area contributed by atoms with Crippen molar-refractivity contribution in [3.05, 3.63) is 21.6 Å². The molecule has 1 aliphatic heterocycles. The standard InChI is InChI=1S/C13H18BrClN2O3S.ClH/c1-20-12-5-10(14)13(6-11(12)15)21(18,19)17-8-9-3-2-4-16-7-9;/h5-6,9,16-17H,2-4,7-8H2,1H3;1H. The highest BCUT2D eigenvalue weighted by molar-refractivity contribution is 9.10. The molecular formula is C13H19BrCl2N2O3S. The lowest BCUT2D eigenvalue weighted by Gasteiger charge is -2.23. The molecule has 1 unspecified atom stereocenters. The monoisotopic (exact) mass is 432 g/mol. The van der Waals surface area contributed by atoms with Crippen LogP contribution in [0, 0.1) is 5.92 Å². The maximum Gasteiger partial charge on any atom is 0.241 e. The Hall–Kier alpha value is -0.0500. The molecule has 1 heterocycles. The van der Waals surface area contributed by atoms with Crippen LogP contribution in [0.25, 0.3) is 0 Å². The Bertz CT molecular complexity index is 608. The molecule has 0 bridgehead atoms. The van der Waals surface area contributed by atoms with Crippen LogP contribution < -0.4 is 14.8 Å². The lowest BCUT2D eigenvalue weighted by Crippen LogP contribution is -2.38. The van der Waals surface area contributed by atoms with Crippen LogP contribution in [0.4, 0.5) is 0 Å². The summed E-state index contributed by atoms with van der Waals surface area (Å²) in [5.74, 6) is 0.750. The number of ether oxygens (including phenoxy) is 1. The van der Waals surface area contributed by atoms with E-state index in [1.54, 1.807) is 6.07 Å². The van der Waals surface area contributed by atoms with E-state index < -0.39 is 10.0 Å². The molecule has 1 aliphatic rings. The molecule has 1 aromatic carbocycles. The van der Waals surface area contributed by atoms with Gasteiger partial charge in [0.2, 0.25) is 10.0 Å². The third kappa shape index (κ3) is 4.97. The number of methoxy groups -OCH3 is 1. The molecule has 0 aliphatic carbocycles. The second-order valence-corrected chi connectivity index (χ2v) is 7.98. The zero-order valence-electron chi connectivity index (χ0n) is 12.1. The maximum absolute atomic E-state index is 12.4. The Morgan fingerprint density at radius 1 is 1.50 bits per heavy atom. The largest absolute Gasteiger partial charge is 0.495 e. The molecule has 1 fully saturated rings. The highest BCUT2D eigenvalue weighted by Gasteiger charge is 2.22. The number of rotatable bonds is 5. The number of halogens is 3. The van der Waals surface area contributed by atoms with Gasteiger partial charge in [0.05, 0.1) is 17.0 Å². The summed E-state index contributed by atoms with van der Waals surface area (Å²) < 4.78 is 32.9. The van der Waals surface area contributed by atoms with Crippen molar-refractivity contribution >= 4 is 50.0 Å². The third-order valence-electron chi connectivity index (χ3n) is 3.46. The molecule has 0 saturated carbocycles. The first-order valence-electron chi connectivity index (χ1n) is 6.67. The Morgan fingerprint density at radius 2 is 2.23 bits per heavy atom. The lowest BCUT2D eigenvalue weighted by molar-refractivity contribution is 0.376. The van der Waals surface area contributed by atoms with E-state index in [9.17, 15) is 8.42 Å². The average Bonchev–Trinajstić information content (AvgIpc) is 2.48. The van der Waals surface area contributed by atoms with Crippen LogP contribution in [0.1, 0.15) is 12.8 Å². The summed E-state index contributed by atoms with van der Waals surface area (Å²) in [4.78, 5) is 0.122. The van der Waals surface area contributed by atoms with Crippen molar-refractivity contribution in [3.8, 4) is 5.75 Å². The zero-order valence-corrected chi connectivity index (χ0v) is 16.0. The molecule has 9 heteroatoms. The van der Waals surface area contributed by atoms with Gasteiger partial charge in [-0.3, -0.25) is 0 Å². The van der Waals surface area contributed by atoms with Crippen LogP contribution in [0.2, 0.25) is 5.02 Å². The number of benzene rings is 1. The molecule has 0 radical (unpaired) electrons. The van der Waals surface area contributed by atoms with Gasteiger partial charge in [0.15, 0.2) is 0 Å². The summed E-state index contributed by atoms with van der Waals surface area (Å²) >= 11 is 9.26. The molecule has 22 heavy (non-hydrogen) atoms. The third-order valence-corrected chi connectivity index (χ3v) is 6.13. The summed E-state index contributed by atoms with van der Waals surface area (Å²) in [5, 5.41) is 3.53. The van der Waals surface area contributed by atoms with Gasteiger partial charge in [-0.25, -0.2) is 13.1 Å². The maximum atomic E-state index is 12.4. The van der Waals surface area contributed by atoms with E-state index >= 15 is 0 Å². The summed E-state index contributed by atoms with van der Waals surface area (Å²) in [7, 11) is -2.12. The molecule has 0 spiro atoms. The number of sulfonamides is 1. The summed E-state index contributed by atoms with van der Waals surface area (Å²) in [5.41, 5.74) is 0. The first-order valence-corrected chi connectivity index (χ1v) is 9.33.